The van der Waals surface area contributed by atoms with Gasteiger partial charge in [0, 0.05) is 24.3 Å². The minimum Gasteiger partial charge on any atom is -0.378 e. The number of amides is 1. The largest absolute Gasteiger partial charge is 0.378 e. The number of ether oxygens (including phenoxy) is 1. The molecule has 5 nitrogen and oxygen atoms in total. The zero-order valence-electron chi connectivity index (χ0n) is 13.5. The molecule has 1 amide bonds. The number of hydrogen-bond donors (Lipinski definition) is 1. The first-order chi connectivity index (χ1) is 11.6. The fourth-order valence-corrected chi connectivity index (χ4v) is 2.74. The summed E-state index contributed by atoms with van der Waals surface area (Å²) in [5, 5.41) is 3.66. The van der Waals surface area contributed by atoms with Gasteiger partial charge in [-0.1, -0.05) is 23.7 Å². The molecule has 3 rings (SSSR count). The summed E-state index contributed by atoms with van der Waals surface area (Å²) in [6.07, 6.45) is 1.62. The molecule has 24 heavy (non-hydrogen) atoms. The molecule has 0 aliphatic carbocycles. The molecule has 0 bridgehead atoms. The van der Waals surface area contributed by atoms with Gasteiger partial charge in [0.25, 0.3) is 5.91 Å². The molecule has 126 valence electrons. The lowest BCUT2D eigenvalue weighted by Crippen LogP contribution is -2.36. The smallest absolute Gasteiger partial charge is 0.253 e. The van der Waals surface area contributed by atoms with Crippen LogP contribution < -0.4 is 10.2 Å². The lowest BCUT2D eigenvalue weighted by Gasteiger charge is -2.27. The first-order valence-electron chi connectivity index (χ1n) is 7.98. The van der Waals surface area contributed by atoms with Gasteiger partial charge < -0.3 is 15.0 Å². The molecule has 0 radical (unpaired) electrons. The second-order valence-corrected chi connectivity index (χ2v) is 6.19. The lowest BCUT2D eigenvalue weighted by molar-refractivity contribution is 0.0939. The highest BCUT2D eigenvalue weighted by atomic mass is 35.5. The molecule has 1 aromatic heterocycles. The molecule has 2 heterocycles. The standard InChI is InChI=1S/C18H20ClN3O2/c1-13(14-2-5-16(19)6-3-14)21-18(23)15-4-7-17(20-12-15)22-8-10-24-11-9-22/h2-7,12-13H,8-11H2,1H3,(H,21,23). The molecule has 1 aromatic carbocycles. The Bertz CT molecular complexity index is 682. The Hall–Kier alpha value is -2.11. The van der Waals surface area contributed by atoms with E-state index >= 15 is 0 Å². The minimum absolute atomic E-state index is 0.103. The van der Waals surface area contributed by atoms with Crippen molar-refractivity contribution in [3.63, 3.8) is 0 Å². The average Bonchev–Trinajstić information content (AvgIpc) is 2.63. The molecule has 1 saturated heterocycles. The summed E-state index contributed by atoms with van der Waals surface area (Å²) in [4.78, 5) is 18.9. The van der Waals surface area contributed by atoms with E-state index in [-0.39, 0.29) is 11.9 Å². The van der Waals surface area contributed by atoms with E-state index in [1.54, 1.807) is 6.20 Å². The predicted molar refractivity (Wildman–Crippen MR) is 94.6 cm³/mol. The van der Waals surface area contributed by atoms with Crippen LogP contribution in [0.3, 0.4) is 0 Å². The van der Waals surface area contributed by atoms with Crippen LogP contribution in [-0.2, 0) is 4.74 Å². The third-order valence-electron chi connectivity index (χ3n) is 4.06. The molecule has 1 aliphatic rings. The van der Waals surface area contributed by atoms with E-state index < -0.39 is 0 Å². The average molecular weight is 346 g/mol. The van der Waals surface area contributed by atoms with Crippen LogP contribution in [0.15, 0.2) is 42.6 Å². The van der Waals surface area contributed by atoms with Gasteiger partial charge in [-0.25, -0.2) is 4.98 Å². The summed E-state index contributed by atoms with van der Waals surface area (Å²) < 4.78 is 5.33. The molecule has 0 saturated carbocycles. The van der Waals surface area contributed by atoms with Crippen molar-refractivity contribution in [3.8, 4) is 0 Å². The van der Waals surface area contributed by atoms with Crippen LogP contribution in [0.4, 0.5) is 5.82 Å². The lowest BCUT2D eigenvalue weighted by atomic mass is 10.1. The number of carbonyl (C=O) groups is 1. The maximum atomic E-state index is 12.4. The Morgan fingerprint density at radius 2 is 1.92 bits per heavy atom. The van der Waals surface area contributed by atoms with Gasteiger partial charge in [-0.3, -0.25) is 4.79 Å². The Morgan fingerprint density at radius 3 is 2.54 bits per heavy atom. The number of benzene rings is 1. The Labute approximate surface area is 146 Å². The highest BCUT2D eigenvalue weighted by Crippen LogP contribution is 2.17. The fourth-order valence-electron chi connectivity index (χ4n) is 2.61. The van der Waals surface area contributed by atoms with Crippen molar-refractivity contribution >= 4 is 23.3 Å². The first kappa shape index (κ1) is 16.7. The van der Waals surface area contributed by atoms with Gasteiger partial charge in [-0.15, -0.1) is 0 Å². The van der Waals surface area contributed by atoms with E-state index in [0.717, 1.165) is 24.5 Å². The normalized spacial score (nSPS) is 15.8. The summed E-state index contributed by atoms with van der Waals surface area (Å²) in [6.45, 7) is 5.01. The molecule has 1 aliphatic heterocycles. The number of halogens is 1. The predicted octanol–water partition coefficient (Wildman–Crippen LogP) is 3.06. The van der Waals surface area contributed by atoms with Crippen LogP contribution in [0.2, 0.25) is 5.02 Å². The van der Waals surface area contributed by atoms with E-state index in [0.29, 0.717) is 23.8 Å². The number of anilines is 1. The summed E-state index contributed by atoms with van der Waals surface area (Å²) in [5.41, 5.74) is 1.55. The van der Waals surface area contributed by atoms with Gasteiger partial charge in [0.05, 0.1) is 24.8 Å². The first-order valence-corrected chi connectivity index (χ1v) is 8.36. The summed E-state index contributed by atoms with van der Waals surface area (Å²) in [5.74, 6) is 0.735. The SMILES string of the molecule is CC(NC(=O)c1ccc(N2CCOCC2)nc1)c1ccc(Cl)cc1. The van der Waals surface area contributed by atoms with Crippen LogP contribution >= 0.6 is 11.6 Å². The Balaban J connectivity index is 1.63. The number of pyridine rings is 1. The van der Waals surface area contributed by atoms with Crippen LogP contribution in [0.25, 0.3) is 0 Å². The van der Waals surface area contributed by atoms with Gasteiger partial charge in [-0.2, -0.15) is 0 Å². The molecule has 1 fully saturated rings. The van der Waals surface area contributed by atoms with Crippen molar-refractivity contribution in [2.24, 2.45) is 0 Å². The van der Waals surface area contributed by atoms with Gasteiger partial charge >= 0.3 is 0 Å². The third kappa shape index (κ3) is 4.04. The third-order valence-corrected chi connectivity index (χ3v) is 4.31. The van der Waals surface area contributed by atoms with Crippen LogP contribution in [0.1, 0.15) is 28.9 Å². The monoisotopic (exact) mass is 345 g/mol. The van der Waals surface area contributed by atoms with Crippen molar-refractivity contribution in [2.75, 3.05) is 31.2 Å². The topological polar surface area (TPSA) is 54.5 Å². The maximum absolute atomic E-state index is 12.4. The van der Waals surface area contributed by atoms with E-state index in [4.69, 9.17) is 16.3 Å². The van der Waals surface area contributed by atoms with Crippen molar-refractivity contribution < 1.29 is 9.53 Å². The van der Waals surface area contributed by atoms with Crippen molar-refractivity contribution in [3.05, 3.63) is 58.7 Å². The second kappa shape index (κ2) is 7.64. The molecule has 1 unspecified atom stereocenters. The van der Waals surface area contributed by atoms with Crippen LogP contribution in [0, 0.1) is 0 Å². The molecule has 0 spiro atoms. The number of carbonyl (C=O) groups excluding carboxylic acids is 1. The van der Waals surface area contributed by atoms with Gasteiger partial charge in [0.2, 0.25) is 0 Å². The molecule has 1 atom stereocenters. The highest BCUT2D eigenvalue weighted by Gasteiger charge is 2.15. The maximum Gasteiger partial charge on any atom is 0.253 e. The van der Waals surface area contributed by atoms with Crippen LogP contribution in [-0.4, -0.2) is 37.2 Å². The molecular formula is C18H20ClN3O2. The number of aromatic nitrogens is 1. The Kier molecular flexibility index (Phi) is 5.33. The minimum atomic E-state index is -0.140. The summed E-state index contributed by atoms with van der Waals surface area (Å²) in [6, 6.07) is 11.0. The van der Waals surface area contributed by atoms with Crippen molar-refractivity contribution in [1.82, 2.24) is 10.3 Å². The van der Waals surface area contributed by atoms with Gasteiger partial charge in [0.15, 0.2) is 0 Å². The molecular weight excluding hydrogens is 326 g/mol. The molecule has 6 heteroatoms. The van der Waals surface area contributed by atoms with E-state index in [9.17, 15) is 4.79 Å². The second-order valence-electron chi connectivity index (χ2n) is 5.75. The highest BCUT2D eigenvalue weighted by molar-refractivity contribution is 6.30. The fraction of sp³-hybridized carbons (Fsp3) is 0.333. The molecule has 1 N–H and O–H groups in total. The van der Waals surface area contributed by atoms with Crippen molar-refractivity contribution in [2.45, 2.75) is 13.0 Å². The number of hydrogen-bond acceptors (Lipinski definition) is 4. The number of nitrogens with one attached hydrogen (secondary N) is 1. The van der Waals surface area contributed by atoms with Gasteiger partial charge in [-0.05, 0) is 36.8 Å². The number of nitrogens with zero attached hydrogens (tertiary/aromatic N) is 2. The quantitative estimate of drug-likeness (QED) is 0.925. The number of morpholine rings is 1. The number of rotatable bonds is 4. The van der Waals surface area contributed by atoms with E-state index in [2.05, 4.69) is 15.2 Å². The van der Waals surface area contributed by atoms with E-state index in [1.165, 1.54) is 0 Å². The molecule has 2 aromatic rings. The zero-order valence-corrected chi connectivity index (χ0v) is 14.3. The van der Waals surface area contributed by atoms with Crippen LogP contribution in [0.5, 0.6) is 0 Å². The summed E-state index contributed by atoms with van der Waals surface area (Å²) >= 11 is 5.89. The Morgan fingerprint density at radius 1 is 1.21 bits per heavy atom. The van der Waals surface area contributed by atoms with E-state index in [1.807, 2.05) is 43.3 Å². The zero-order chi connectivity index (χ0) is 16.9. The summed E-state index contributed by atoms with van der Waals surface area (Å²) in [7, 11) is 0. The van der Waals surface area contributed by atoms with Crippen molar-refractivity contribution in [1.29, 1.82) is 0 Å². The van der Waals surface area contributed by atoms with Gasteiger partial charge in [0.1, 0.15) is 5.82 Å².